The van der Waals surface area contributed by atoms with Gasteiger partial charge in [-0.3, -0.25) is 4.98 Å². The molecule has 2 heterocycles. The summed E-state index contributed by atoms with van der Waals surface area (Å²) in [5.74, 6) is 0.135. The van der Waals surface area contributed by atoms with Gasteiger partial charge in [-0.25, -0.2) is 4.98 Å². The Balaban J connectivity index is 2.57. The average Bonchev–Trinajstić information content (AvgIpc) is 2.38. The molecule has 2 aromatic rings. The lowest BCUT2D eigenvalue weighted by molar-refractivity contribution is -0.137. The van der Waals surface area contributed by atoms with Crippen molar-refractivity contribution in [1.82, 2.24) is 9.97 Å². The maximum absolute atomic E-state index is 12.6. The second-order valence-electron chi connectivity index (χ2n) is 3.52. The van der Waals surface area contributed by atoms with Crippen LogP contribution in [0, 0.1) is 0 Å². The Kier molecular flexibility index (Phi) is 3.18. The van der Waals surface area contributed by atoms with E-state index < -0.39 is 11.7 Å². The van der Waals surface area contributed by atoms with Crippen LogP contribution in [0.1, 0.15) is 5.56 Å². The first kappa shape index (κ1) is 12.3. The van der Waals surface area contributed by atoms with Gasteiger partial charge in [-0.2, -0.15) is 13.2 Å². The number of hydrogen-bond donors (Lipinski definition) is 0. The van der Waals surface area contributed by atoms with E-state index >= 15 is 0 Å². The molecule has 6 heteroatoms. The molecule has 0 bridgehead atoms. The van der Waals surface area contributed by atoms with Crippen LogP contribution in [0.3, 0.4) is 0 Å². The molecule has 0 saturated carbocycles. The molecule has 0 aromatic carbocycles. The fourth-order valence-corrected chi connectivity index (χ4v) is 1.50. The molecule has 18 heavy (non-hydrogen) atoms. The maximum Gasteiger partial charge on any atom is 0.417 e. The second kappa shape index (κ2) is 4.64. The van der Waals surface area contributed by atoms with Crippen LogP contribution < -0.4 is 4.74 Å². The number of halogens is 3. The van der Waals surface area contributed by atoms with Gasteiger partial charge >= 0.3 is 6.18 Å². The lowest BCUT2D eigenvalue weighted by Crippen LogP contribution is -2.06. The average molecular weight is 254 g/mol. The first-order chi connectivity index (χ1) is 8.52. The van der Waals surface area contributed by atoms with E-state index in [0.717, 1.165) is 12.3 Å². The summed E-state index contributed by atoms with van der Waals surface area (Å²) in [5.41, 5.74) is -0.0319. The molecule has 2 rings (SSSR count). The summed E-state index contributed by atoms with van der Waals surface area (Å²) in [6, 6.07) is 4.28. The number of aromatic nitrogens is 2. The zero-order valence-electron chi connectivity index (χ0n) is 9.40. The molecule has 0 saturated heterocycles. The lowest BCUT2D eigenvalue weighted by atomic mass is 10.1. The molecular weight excluding hydrogens is 245 g/mol. The summed E-state index contributed by atoms with van der Waals surface area (Å²) < 4.78 is 42.8. The van der Waals surface area contributed by atoms with Gasteiger partial charge in [0.1, 0.15) is 0 Å². The monoisotopic (exact) mass is 254 g/mol. The minimum Gasteiger partial charge on any atom is -0.481 e. The van der Waals surface area contributed by atoms with Crippen molar-refractivity contribution in [1.29, 1.82) is 0 Å². The number of nitrogens with zero attached hydrogens (tertiary/aromatic N) is 2. The Hall–Kier alpha value is -2.11. The van der Waals surface area contributed by atoms with Crippen LogP contribution in [-0.4, -0.2) is 17.1 Å². The van der Waals surface area contributed by atoms with Gasteiger partial charge in [0.2, 0.25) is 5.88 Å². The molecular formula is C12H9F3N2O. The molecule has 3 nitrogen and oxygen atoms in total. The summed E-state index contributed by atoms with van der Waals surface area (Å²) in [6.07, 6.45) is -0.689. The van der Waals surface area contributed by atoms with E-state index in [2.05, 4.69) is 9.97 Å². The van der Waals surface area contributed by atoms with Crippen molar-refractivity contribution in [2.45, 2.75) is 6.18 Å². The van der Waals surface area contributed by atoms with Gasteiger partial charge < -0.3 is 4.74 Å². The van der Waals surface area contributed by atoms with Crippen molar-refractivity contribution in [2.75, 3.05) is 7.11 Å². The van der Waals surface area contributed by atoms with Crippen molar-refractivity contribution in [2.24, 2.45) is 0 Å². The number of ether oxygens (including phenoxy) is 1. The van der Waals surface area contributed by atoms with Crippen molar-refractivity contribution < 1.29 is 17.9 Å². The molecule has 2 aromatic heterocycles. The van der Waals surface area contributed by atoms with E-state index in [9.17, 15) is 13.2 Å². The Morgan fingerprint density at radius 3 is 2.56 bits per heavy atom. The highest BCUT2D eigenvalue weighted by Gasteiger charge is 2.32. The molecule has 94 valence electrons. The van der Waals surface area contributed by atoms with Crippen LogP contribution in [0.25, 0.3) is 11.1 Å². The molecule has 0 fully saturated rings. The molecule has 0 aliphatic carbocycles. The highest BCUT2D eigenvalue weighted by Crippen LogP contribution is 2.35. The van der Waals surface area contributed by atoms with E-state index in [0.29, 0.717) is 5.56 Å². The molecule has 0 N–H and O–H groups in total. The third kappa shape index (κ3) is 2.42. The van der Waals surface area contributed by atoms with Crippen LogP contribution in [0.15, 0.2) is 36.8 Å². The van der Waals surface area contributed by atoms with Gasteiger partial charge in [-0.05, 0) is 12.1 Å². The molecule has 0 unspecified atom stereocenters. The Morgan fingerprint density at radius 2 is 2.00 bits per heavy atom. The van der Waals surface area contributed by atoms with Gasteiger partial charge in [-0.1, -0.05) is 6.07 Å². The van der Waals surface area contributed by atoms with E-state index in [-0.39, 0.29) is 11.4 Å². The van der Waals surface area contributed by atoms with Crippen molar-refractivity contribution in [3.05, 3.63) is 42.4 Å². The third-order valence-corrected chi connectivity index (χ3v) is 2.34. The predicted octanol–water partition coefficient (Wildman–Crippen LogP) is 3.17. The molecule has 0 spiro atoms. The largest absolute Gasteiger partial charge is 0.481 e. The van der Waals surface area contributed by atoms with E-state index in [4.69, 9.17) is 4.74 Å². The molecule has 0 aliphatic rings. The van der Waals surface area contributed by atoms with Crippen molar-refractivity contribution in [3.63, 3.8) is 0 Å². The SMILES string of the molecule is COc1ncc(C(F)(F)F)cc1-c1cccnc1. The number of methoxy groups -OCH3 is 1. The summed E-state index contributed by atoms with van der Waals surface area (Å²) >= 11 is 0. The number of alkyl halides is 3. The highest BCUT2D eigenvalue weighted by molar-refractivity contribution is 5.68. The fourth-order valence-electron chi connectivity index (χ4n) is 1.50. The summed E-state index contributed by atoms with van der Waals surface area (Å²) in [4.78, 5) is 7.53. The quantitative estimate of drug-likeness (QED) is 0.825. The van der Waals surface area contributed by atoms with Crippen LogP contribution in [0.4, 0.5) is 13.2 Å². The summed E-state index contributed by atoms with van der Waals surface area (Å²) in [5, 5.41) is 0. The van der Waals surface area contributed by atoms with Crippen molar-refractivity contribution >= 4 is 0 Å². The van der Waals surface area contributed by atoms with Gasteiger partial charge in [-0.15, -0.1) is 0 Å². The van der Waals surface area contributed by atoms with Crippen LogP contribution >= 0.6 is 0 Å². The standard InChI is InChI=1S/C12H9F3N2O/c1-18-11-10(8-3-2-4-16-6-8)5-9(7-17-11)12(13,14)15/h2-7H,1H3. The lowest BCUT2D eigenvalue weighted by Gasteiger charge is -2.11. The second-order valence-corrected chi connectivity index (χ2v) is 3.52. The Bertz CT molecular complexity index is 541. The van der Waals surface area contributed by atoms with Gasteiger partial charge in [0.25, 0.3) is 0 Å². The Morgan fingerprint density at radius 1 is 1.22 bits per heavy atom. The van der Waals surface area contributed by atoms with Crippen molar-refractivity contribution in [3.8, 4) is 17.0 Å². The number of rotatable bonds is 2. The smallest absolute Gasteiger partial charge is 0.417 e. The van der Waals surface area contributed by atoms with Gasteiger partial charge in [0.05, 0.1) is 12.7 Å². The normalized spacial score (nSPS) is 11.3. The number of pyridine rings is 2. The summed E-state index contributed by atoms with van der Waals surface area (Å²) in [7, 11) is 1.36. The minimum atomic E-state index is -4.43. The highest BCUT2D eigenvalue weighted by atomic mass is 19.4. The zero-order chi connectivity index (χ0) is 13.2. The Labute approximate surface area is 101 Å². The van der Waals surface area contributed by atoms with E-state index in [1.54, 1.807) is 12.1 Å². The fraction of sp³-hybridized carbons (Fsp3) is 0.167. The molecule has 0 radical (unpaired) electrons. The number of hydrogen-bond acceptors (Lipinski definition) is 3. The molecule has 0 aliphatic heterocycles. The molecule has 0 atom stereocenters. The van der Waals surface area contributed by atoms with Crippen LogP contribution in [0.2, 0.25) is 0 Å². The predicted molar refractivity (Wildman–Crippen MR) is 59.0 cm³/mol. The topological polar surface area (TPSA) is 35.0 Å². The maximum atomic E-state index is 12.6. The third-order valence-electron chi connectivity index (χ3n) is 2.34. The molecule has 0 amide bonds. The first-order valence-electron chi connectivity index (χ1n) is 5.04. The van der Waals surface area contributed by atoms with E-state index in [1.165, 1.54) is 19.5 Å². The minimum absolute atomic E-state index is 0.135. The van der Waals surface area contributed by atoms with Crippen LogP contribution in [0.5, 0.6) is 5.88 Å². The van der Waals surface area contributed by atoms with Gasteiger partial charge in [0.15, 0.2) is 0 Å². The first-order valence-corrected chi connectivity index (χ1v) is 5.04. The zero-order valence-corrected chi connectivity index (χ0v) is 9.40. The van der Waals surface area contributed by atoms with Crippen LogP contribution in [-0.2, 0) is 6.18 Å². The van der Waals surface area contributed by atoms with E-state index in [1.807, 2.05) is 0 Å². The summed E-state index contributed by atoms with van der Waals surface area (Å²) in [6.45, 7) is 0. The van der Waals surface area contributed by atoms with Gasteiger partial charge in [0, 0.05) is 29.7 Å².